The Kier molecular flexibility index (Phi) is 4.20. The number of rotatable bonds is 4. The Hall–Kier alpha value is -1.28. The number of aliphatic hydroxyl groups excluding tert-OH is 1. The lowest BCUT2D eigenvalue weighted by molar-refractivity contribution is 0.186. The fourth-order valence-corrected chi connectivity index (χ4v) is 1.14. The topological polar surface area (TPSA) is 40.5 Å². The smallest absolute Gasteiger partial charge is 0.115 e. The van der Waals surface area contributed by atoms with Crippen LogP contribution in [0.2, 0.25) is 0 Å². The molecule has 14 heavy (non-hydrogen) atoms. The predicted molar refractivity (Wildman–Crippen MR) is 58.1 cm³/mol. The molecule has 0 radical (unpaired) electrons. The summed E-state index contributed by atoms with van der Waals surface area (Å²) in [5.74, 6) is 0.283. The number of allylic oxidation sites excluding steroid dienone is 1. The highest BCUT2D eigenvalue weighted by Gasteiger charge is 1.91. The lowest BCUT2D eigenvalue weighted by Crippen LogP contribution is -1.96. The third-order valence-electron chi connectivity index (χ3n) is 1.95. The molecule has 2 heteroatoms. The summed E-state index contributed by atoms with van der Waals surface area (Å²) in [7, 11) is 0. The van der Waals surface area contributed by atoms with E-state index >= 15 is 0 Å². The molecule has 1 atom stereocenters. The molecule has 1 aromatic rings. The zero-order valence-corrected chi connectivity index (χ0v) is 8.35. The summed E-state index contributed by atoms with van der Waals surface area (Å²) < 4.78 is 0. The van der Waals surface area contributed by atoms with Crippen LogP contribution in [0, 0.1) is 0 Å². The minimum absolute atomic E-state index is 0.237. The molecule has 76 valence electrons. The van der Waals surface area contributed by atoms with Crippen molar-refractivity contribution in [3.63, 3.8) is 0 Å². The van der Waals surface area contributed by atoms with Gasteiger partial charge in [0.2, 0.25) is 0 Å². The van der Waals surface area contributed by atoms with Crippen molar-refractivity contribution < 1.29 is 10.2 Å². The van der Waals surface area contributed by atoms with Crippen molar-refractivity contribution in [2.45, 2.75) is 25.9 Å². The van der Waals surface area contributed by atoms with Crippen LogP contribution in [0.5, 0.6) is 5.75 Å². The van der Waals surface area contributed by atoms with E-state index in [1.54, 1.807) is 19.1 Å². The van der Waals surface area contributed by atoms with Gasteiger partial charge < -0.3 is 10.2 Å². The standard InChI is InChI=1S/C12H16O2/c1-10(13)4-2-3-5-11-6-8-12(14)9-7-11/h3,5-10,13-14H,2,4H2,1H3. The number of hydrogen-bond acceptors (Lipinski definition) is 2. The van der Waals surface area contributed by atoms with Gasteiger partial charge in [0, 0.05) is 0 Å². The molecule has 2 nitrogen and oxygen atoms in total. The van der Waals surface area contributed by atoms with Crippen LogP contribution >= 0.6 is 0 Å². The van der Waals surface area contributed by atoms with Crippen molar-refractivity contribution in [2.75, 3.05) is 0 Å². The summed E-state index contributed by atoms with van der Waals surface area (Å²) in [5, 5.41) is 18.1. The van der Waals surface area contributed by atoms with Gasteiger partial charge in [0.1, 0.15) is 5.75 Å². The molecule has 0 saturated heterocycles. The van der Waals surface area contributed by atoms with E-state index in [0.717, 1.165) is 18.4 Å². The van der Waals surface area contributed by atoms with Crippen molar-refractivity contribution in [3.05, 3.63) is 35.9 Å². The van der Waals surface area contributed by atoms with E-state index in [-0.39, 0.29) is 11.9 Å². The van der Waals surface area contributed by atoms with Gasteiger partial charge >= 0.3 is 0 Å². The molecule has 0 aromatic heterocycles. The van der Waals surface area contributed by atoms with Gasteiger partial charge in [0.25, 0.3) is 0 Å². The molecular weight excluding hydrogens is 176 g/mol. The summed E-state index contributed by atoms with van der Waals surface area (Å²) in [6.45, 7) is 1.79. The van der Waals surface area contributed by atoms with Crippen molar-refractivity contribution in [1.29, 1.82) is 0 Å². The van der Waals surface area contributed by atoms with E-state index in [1.807, 2.05) is 24.3 Å². The Balaban J connectivity index is 2.40. The molecule has 0 aliphatic carbocycles. The van der Waals surface area contributed by atoms with Crippen LogP contribution < -0.4 is 0 Å². The molecule has 0 heterocycles. The zero-order chi connectivity index (χ0) is 10.4. The Morgan fingerprint density at radius 2 is 1.93 bits per heavy atom. The van der Waals surface area contributed by atoms with Crippen LogP contribution in [0.25, 0.3) is 6.08 Å². The first-order chi connectivity index (χ1) is 6.68. The maximum absolute atomic E-state index is 9.04. The highest BCUT2D eigenvalue weighted by Crippen LogP contribution is 2.11. The van der Waals surface area contributed by atoms with Crippen LogP contribution in [0.1, 0.15) is 25.3 Å². The maximum atomic E-state index is 9.04. The monoisotopic (exact) mass is 192 g/mol. The molecule has 0 aliphatic heterocycles. The van der Waals surface area contributed by atoms with Crippen molar-refractivity contribution in [3.8, 4) is 5.75 Å². The van der Waals surface area contributed by atoms with Gasteiger partial charge in [-0.2, -0.15) is 0 Å². The SMILES string of the molecule is CC(O)CCC=Cc1ccc(O)cc1. The average molecular weight is 192 g/mol. The van der Waals surface area contributed by atoms with E-state index in [4.69, 9.17) is 10.2 Å². The van der Waals surface area contributed by atoms with E-state index < -0.39 is 0 Å². The number of hydrogen-bond donors (Lipinski definition) is 2. The molecule has 2 N–H and O–H groups in total. The van der Waals surface area contributed by atoms with Crippen molar-refractivity contribution >= 4 is 6.08 Å². The lowest BCUT2D eigenvalue weighted by Gasteiger charge is -1.98. The van der Waals surface area contributed by atoms with E-state index in [9.17, 15) is 0 Å². The van der Waals surface area contributed by atoms with Gasteiger partial charge in [0.15, 0.2) is 0 Å². The minimum Gasteiger partial charge on any atom is -0.508 e. The largest absolute Gasteiger partial charge is 0.508 e. The third-order valence-corrected chi connectivity index (χ3v) is 1.95. The Bertz CT molecular complexity index is 286. The lowest BCUT2D eigenvalue weighted by atomic mass is 10.1. The molecule has 0 spiro atoms. The number of aromatic hydroxyl groups is 1. The number of phenols is 1. The molecule has 1 unspecified atom stereocenters. The van der Waals surface area contributed by atoms with Crippen molar-refractivity contribution in [1.82, 2.24) is 0 Å². The van der Waals surface area contributed by atoms with Crippen LogP contribution in [-0.2, 0) is 0 Å². The molecule has 0 fully saturated rings. The summed E-state index contributed by atoms with van der Waals surface area (Å²) in [6.07, 6.45) is 5.44. The summed E-state index contributed by atoms with van der Waals surface area (Å²) in [6, 6.07) is 7.03. The first-order valence-electron chi connectivity index (χ1n) is 4.82. The number of benzene rings is 1. The maximum Gasteiger partial charge on any atom is 0.115 e. The van der Waals surface area contributed by atoms with Crippen molar-refractivity contribution in [2.24, 2.45) is 0 Å². The molecule has 0 amide bonds. The number of aliphatic hydroxyl groups is 1. The fraction of sp³-hybridized carbons (Fsp3) is 0.333. The Morgan fingerprint density at radius 1 is 1.29 bits per heavy atom. The molecule has 0 saturated carbocycles. The summed E-state index contributed by atoms with van der Waals surface area (Å²) in [5.41, 5.74) is 1.06. The van der Waals surface area contributed by atoms with E-state index in [2.05, 4.69) is 0 Å². The zero-order valence-electron chi connectivity index (χ0n) is 8.35. The highest BCUT2D eigenvalue weighted by molar-refractivity contribution is 5.50. The van der Waals surface area contributed by atoms with Gasteiger partial charge in [-0.25, -0.2) is 0 Å². The third kappa shape index (κ3) is 4.10. The Morgan fingerprint density at radius 3 is 2.50 bits per heavy atom. The van der Waals surface area contributed by atoms with Crippen LogP contribution in [0.4, 0.5) is 0 Å². The van der Waals surface area contributed by atoms with Crippen LogP contribution in [-0.4, -0.2) is 16.3 Å². The molecule has 0 aliphatic rings. The van der Waals surface area contributed by atoms with E-state index in [0.29, 0.717) is 0 Å². The van der Waals surface area contributed by atoms with Crippen LogP contribution in [0.15, 0.2) is 30.3 Å². The first-order valence-corrected chi connectivity index (χ1v) is 4.82. The van der Waals surface area contributed by atoms with Gasteiger partial charge in [-0.3, -0.25) is 0 Å². The first kappa shape index (κ1) is 10.8. The summed E-state index contributed by atoms with van der Waals surface area (Å²) in [4.78, 5) is 0. The second-order valence-electron chi connectivity index (χ2n) is 3.42. The minimum atomic E-state index is -0.237. The molecule has 1 rings (SSSR count). The quantitative estimate of drug-likeness (QED) is 0.769. The average Bonchev–Trinajstić information content (AvgIpc) is 2.15. The van der Waals surface area contributed by atoms with Crippen LogP contribution in [0.3, 0.4) is 0 Å². The number of phenolic OH excluding ortho intramolecular Hbond substituents is 1. The van der Waals surface area contributed by atoms with Gasteiger partial charge in [-0.15, -0.1) is 0 Å². The molecule has 1 aromatic carbocycles. The summed E-state index contributed by atoms with van der Waals surface area (Å²) >= 11 is 0. The van der Waals surface area contributed by atoms with E-state index in [1.165, 1.54) is 0 Å². The van der Waals surface area contributed by atoms with Gasteiger partial charge in [-0.1, -0.05) is 24.3 Å². The second kappa shape index (κ2) is 5.45. The fourth-order valence-electron chi connectivity index (χ4n) is 1.14. The predicted octanol–water partition coefficient (Wildman–Crippen LogP) is 2.57. The van der Waals surface area contributed by atoms with Gasteiger partial charge in [-0.05, 0) is 37.5 Å². The molecular formula is C12H16O2. The normalized spacial score (nSPS) is 13.3. The Labute approximate surface area is 84.5 Å². The highest BCUT2D eigenvalue weighted by atomic mass is 16.3. The van der Waals surface area contributed by atoms with Gasteiger partial charge in [0.05, 0.1) is 6.10 Å². The molecule has 0 bridgehead atoms. The second-order valence-corrected chi connectivity index (χ2v) is 3.42.